The first-order valence-corrected chi connectivity index (χ1v) is 6.63. The molecule has 0 bridgehead atoms. The Morgan fingerprint density at radius 1 is 1.42 bits per heavy atom. The highest BCUT2D eigenvalue weighted by atomic mass is 16.4. The predicted octanol–water partition coefficient (Wildman–Crippen LogP) is 2.51. The van der Waals surface area contributed by atoms with Gasteiger partial charge in [0.05, 0.1) is 5.92 Å². The number of rotatable bonds is 4. The van der Waals surface area contributed by atoms with Gasteiger partial charge in [-0.15, -0.1) is 0 Å². The molecule has 2 heterocycles. The van der Waals surface area contributed by atoms with Crippen LogP contribution in [0.25, 0.3) is 11.0 Å². The van der Waals surface area contributed by atoms with Crippen LogP contribution in [0.4, 0.5) is 0 Å². The van der Waals surface area contributed by atoms with Crippen LogP contribution in [0.15, 0.2) is 28.7 Å². The summed E-state index contributed by atoms with van der Waals surface area (Å²) in [5, 5.41) is 10.1. The third-order valence-corrected chi connectivity index (χ3v) is 3.79. The lowest BCUT2D eigenvalue weighted by molar-refractivity contribution is -0.147. The largest absolute Gasteiger partial charge is 0.481 e. The van der Waals surface area contributed by atoms with Crippen molar-refractivity contribution in [3.8, 4) is 0 Å². The molecule has 1 N–H and O–H groups in total. The Balaban J connectivity index is 1.83. The molecule has 0 aliphatic carbocycles. The van der Waals surface area contributed by atoms with E-state index < -0.39 is 5.97 Å². The van der Waals surface area contributed by atoms with Crippen LogP contribution in [-0.2, 0) is 17.8 Å². The van der Waals surface area contributed by atoms with Gasteiger partial charge in [0.15, 0.2) is 0 Å². The molecular formula is C15H17NO3. The summed E-state index contributed by atoms with van der Waals surface area (Å²) in [4.78, 5) is 13.0. The van der Waals surface area contributed by atoms with Crippen molar-refractivity contribution in [2.24, 2.45) is 5.92 Å². The summed E-state index contributed by atoms with van der Waals surface area (Å²) in [7, 11) is 0. The average Bonchev–Trinajstić information content (AvgIpc) is 2.70. The smallest absolute Gasteiger partial charge is 0.309 e. The van der Waals surface area contributed by atoms with Crippen molar-refractivity contribution in [2.75, 3.05) is 13.1 Å². The minimum absolute atomic E-state index is 0.205. The zero-order chi connectivity index (χ0) is 13.4. The van der Waals surface area contributed by atoms with Gasteiger partial charge in [-0.05, 0) is 6.07 Å². The molecule has 1 aliphatic rings. The number of aliphatic carboxylic acids is 1. The maximum absolute atomic E-state index is 10.8. The van der Waals surface area contributed by atoms with Crippen LogP contribution >= 0.6 is 0 Å². The van der Waals surface area contributed by atoms with Gasteiger partial charge in [0.25, 0.3) is 0 Å². The highest BCUT2D eigenvalue weighted by molar-refractivity contribution is 5.82. The highest BCUT2D eigenvalue weighted by Crippen LogP contribution is 2.29. The van der Waals surface area contributed by atoms with Crippen LogP contribution in [0.1, 0.15) is 18.2 Å². The summed E-state index contributed by atoms with van der Waals surface area (Å²) < 4.78 is 5.85. The van der Waals surface area contributed by atoms with E-state index in [2.05, 4.69) is 17.9 Å². The van der Waals surface area contributed by atoms with E-state index in [9.17, 15) is 4.79 Å². The van der Waals surface area contributed by atoms with Crippen LogP contribution in [-0.4, -0.2) is 29.1 Å². The molecular weight excluding hydrogens is 242 g/mol. The third-order valence-electron chi connectivity index (χ3n) is 3.79. The van der Waals surface area contributed by atoms with Crippen molar-refractivity contribution in [1.82, 2.24) is 4.90 Å². The van der Waals surface area contributed by atoms with E-state index in [0.29, 0.717) is 13.1 Å². The minimum Gasteiger partial charge on any atom is -0.481 e. The Kier molecular flexibility index (Phi) is 3.03. The maximum atomic E-state index is 10.8. The van der Waals surface area contributed by atoms with E-state index in [4.69, 9.17) is 9.52 Å². The van der Waals surface area contributed by atoms with Gasteiger partial charge in [0, 0.05) is 37.0 Å². The molecule has 4 heteroatoms. The topological polar surface area (TPSA) is 53.7 Å². The third kappa shape index (κ3) is 2.12. The number of benzene rings is 1. The summed E-state index contributed by atoms with van der Waals surface area (Å²) in [6.45, 7) is 4.14. The SMILES string of the molecule is CCc1oc2ccccc2c1CN1CC(C(=O)O)C1. The summed E-state index contributed by atoms with van der Waals surface area (Å²) in [6.07, 6.45) is 0.861. The number of hydrogen-bond donors (Lipinski definition) is 1. The molecule has 3 rings (SSSR count). The molecule has 1 aromatic heterocycles. The Hall–Kier alpha value is -1.81. The van der Waals surface area contributed by atoms with Crippen molar-refractivity contribution in [3.05, 3.63) is 35.6 Å². The molecule has 0 atom stereocenters. The van der Waals surface area contributed by atoms with Gasteiger partial charge in [0.2, 0.25) is 0 Å². The Morgan fingerprint density at radius 2 is 2.16 bits per heavy atom. The van der Waals surface area contributed by atoms with Crippen LogP contribution in [0.2, 0.25) is 0 Å². The van der Waals surface area contributed by atoms with Crippen LogP contribution in [0.5, 0.6) is 0 Å². The molecule has 4 nitrogen and oxygen atoms in total. The number of carbonyl (C=O) groups is 1. The van der Waals surface area contributed by atoms with Crippen molar-refractivity contribution in [1.29, 1.82) is 0 Å². The molecule has 19 heavy (non-hydrogen) atoms. The number of likely N-dealkylation sites (tertiary alicyclic amines) is 1. The Bertz CT molecular complexity index is 611. The van der Waals surface area contributed by atoms with Crippen molar-refractivity contribution in [2.45, 2.75) is 19.9 Å². The molecule has 0 saturated carbocycles. The number of furan rings is 1. The first-order valence-electron chi connectivity index (χ1n) is 6.63. The summed E-state index contributed by atoms with van der Waals surface area (Å²) >= 11 is 0. The van der Waals surface area contributed by atoms with E-state index in [1.165, 1.54) is 5.56 Å². The second-order valence-electron chi connectivity index (χ2n) is 5.08. The molecule has 0 radical (unpaired) electrons. The van der Waals surface area contributed by atoms with Gasteiger partial charge in [0.1, 0.15) is 11.3 Å². The van der Waals surface area contributed by atoms with Crippen molar-refractivity contribution in [3.63, 3.8) is 0 Å². The minimum atomic E-state index is -0.691. The van der Waals surface area contributed by atoms with Gasteiger partial charge < -0.3 is 9.52 Å². The monoisotopic (exact) mass is 259 g/mol. The zero-order valence-corrected chi connectivity index (χ0v) is 10.9. The molecule has 1 aliphatic heterocycles. The fourth-order valence-corrected chi connectivity index (χ4v) is 2.69. The number of carboxylic acid groups (broad SMARTS) is 1. The van der Waals surface area contributed by atoms with E-state index in [1.54, 1.807) is 0 Å². The predicted molar refractivity (Wildman–Crippen MR) is 72.0 cm³/mol. The summed E-state index contributed by atoms with van der Waals surface area (Å²) in [6, 6.07) is 8.03. The fraction of sp³-hybridized carbons (Fsp3) is 0.400. The molecule has 100 valence electrons. The lowest BCUT2D eigenvalue weighted by Gasteiger charge is -2.36. The lowest BCUT2D eigenvalue weighted by atomic mass is 9.98. The molecule has 1 fully saturated rings. The van der Waals surface area contributed by atoms with Crippen LogP contribution in [0, 0.1) is 5.92 Å². The quantitative estimate of drug-likeness (QED) is 0.916. The average molecular weight is 259 g/mol. The van der Waals surface area contributed by atoms with Gasteiger partial charge in [-0.2, -0.15) is 0 Å². The second kappa shape index (κ2) is 4.70. The Labute approximate surface area is 111 Å². The van der Waals surface area contributed by atoms with Gasteiger partial charge >= 0.3 is 5.97 Å². The lowest BCUT2D eigenvalue weighted by Crippen LogP contribution is -2.49. The second-order valence-corrected chi connectivity index (χ2v) is 5.08. The number of carboxylic acids is 1. The summed E-state index contributed by atoms with van der Waals surface area (Å²) in [5.41, 5.74) is 2.13. The number of nitrogens with zero attached hydrogens (tertiary/aromatic N) is 1. The highest BCUT2D eigenvalue weighted by Gasteiger charge is 2.33. The molecule has 1 saturated heterocycles. The molecule has 2 aromatic rings. The van der Waals surface area contributed by atoms with Crippen LogP contribution < -0.4 is 0 Å². The molecule has 0 unspecified atom stereocenters. The first-order chi connectivity index (χ1) is 9.19. The van der Waals surface area contributed by atoms with Gasteiger partial charge in [-0.3, -0.25) is 9.69 Å². The van der Waals surface area contributed by atoms with Gasteiger partial charge in [-0.1, -0.05) is 25.1 Å². The standard InChI is InChI=1S/C15H17NO3/c1-2-13-12(9-16-7-10(8-16)15(17)18)11-5-3-4-6-14(11)19-13/h3-6,10H,2,7-9H2,1H3,(H,17,18). The van der Waals surface area contributed by atoms with E-state index in [0.717, 1.165) is 29.7 Å². The van der Waals surface area contributed by atoms with E-state index in [-0.39, 0.29) is 5.92 Å². The maximum Gasteiger partial charge on any atom is 0.309 e. The summed E-state index contributed by atoms with van der Waals surface area (Å²) in [5.74, 6) is 0.118. The van der Waals surface area contributed by atoms with Crippen molar-refractivity contribution >= 4 is 16.9 Å². The zero-order valence-electron chi connectivity index (χ0n) is 10.9. The van der Waals surface area contributed by atoms with Gasteiger partial charge in [-0.25, -0.2) is 0 Å². The molecule has 0 spiro atoms. The number of para-hydroxylation sites is 1. The van der Waals surface area contributed by atoms with Crippen molar-refractivity contribution < 1.29 is 14.3 Å². The fourth-order valence-electron chi connectivity index (χ4n) is 2.69. The van der Waals surface area contributed by atoms with E-state index >= 15 is 0 Å². The van der Waals surface area contributed by atoms with E-state index in [1.807, 2.05) is 18.2 Å². The number of aryl methyl sites for hydroxylation is 1. The Morgan fingerprint density at radius 3 is 2.84 bits per heavy atom. The first kappa shape index (κ1) is 12.2. The number of fused-ring (bicyclic) bond motifs is 1. The number of hydrogen-bond acceptors (Lipinski definition) is 3. The molecule has 1 aromatic carbocycles. The normalized spacial score (nSPS) is 16.7. The molecule has 0 amide bonds. The van der Waals surface area contributed by atoms with Crippen LogP contribution in [0.3, 0.4) is 0 Å².